The van der Waals surface area contributed by atoms with Crippen molar-refractivity contribution in [2.45, 2.75) is 12.6 Å². The molecule has 4 nitrogen and oxygen atoms in total. The summed E-state index contributed by atoms with van der Waals surface area (Å²) in [4.78, 5) is 10.3. The Kier molecular flexibility index (Phi) is 4.14. The number of ether oxygens (including phenoxy) is 2. The molecule has 0 aromatic carbocycles. The molecule has 1 N–H and O–H groups in total. The number of nitrogens with one attached hydrogen (secondary N) is 1. The molecule has 1 saturated heterocycles. The molecule has 0 bridgehead atoms. The first kappa shape index (κ1) is 9.52. The zero-order valence-corrected chi connectivity index (χ0v) is 6.44. The normalized spacial score (nSPS) is 21.9. The highest BCUT2D eigenvalue weighted by molar-refractivity contribution is 5.85. The van der Waals surface area contributed by atoms with Gasteiger partial charge in [0, 0.05) is 13.0 Å². The molecule has 0 aromatic rings. The first-order valence-electron chi connectivity index (χ1n) is 2.81. The van der Waals surface area contributed by atoms with Crippen LogP contribution in [-0.2, 0) is 9.47 Å². The highest BCUT2D eigenvalue weighted by atomic mass is 35.5. The Morgan fingerprint density at radius 2 is 2.30 bits per heavy atom. The van der Waals surface area contributed by atoms with E-state index in [2.05, 4.69) is 14.8 Å². The minimum absolute atomic E-state index is 0. The van der Waals surface area contributed by atoms with Gasteiger partial charge in [-0.1, -0.05) is 0 Å². The summed E-state index contributed by atoms with van der Waals surface area (Å²) in [6.45, 7) is 0.918. The maximum Gasteiger partial charge on any atom is 0.509 e. The molecule has 1 fully saturated rings. The summed E-state index contributed by atoms with van der Waals surface area (Å²) in [7, 11) is 1.29. The summed E-state index contributed by atoms with van der Waals surface area (Å²) < 4.78 is 8.92. The van der Waals surface area contributed by atoms with Crippen LogP contribution < -0.4 is 5.32 Å². The van der Waals surface area contributed by atoms with Crippen molar-refractivity contribution >= 4 is 18.6 Å². The van der Waals surface area contributed by atoms with Crippen molar-refractivity contribution in [1.29, 1.82) is 0 Å². The monoisotopic (exact) mass is 167 g/mol. The number of rotatable bonds is 1. The quantitative estimate of drug-likeness (QED) is 0.579. The van der Waals surface area contributed by atoms with E-state index in [9.17, 15) is 4.79 Å². The van der Waals surface area contributed by atoms with Crippen LogP contribution in [0.3, 0.4) is 0 Å². The van der Waals surface area contributed by atoms with E-state index in [1.54, 1.807) is 0 Å². The molecule has 10 heavy (non-hydrogen) atoms. The van der Waals surface area contributed by atoms with Gasteiger partial charge < -0.3 is 9.47 Å². The predicted octanol–water partition coefficient (Wildman–Crippen LogP) is 0.511. The predicted molar refractivity (Wildman–Crippen MR) is 37.1 cm³/mol. The van der Waals surface area contributed by atoms with Gasteiger partial charge >= 0.3 is 6.16 Å². The number of methoxy groups -OCH3 is 1. The number of hydrogen-bond acceptors (Lipinski definition) is 4. The van der Waals surface area contributed by atoms with Gasteiger partial charge in [-0.05, 0) is 0 Å². The summed E-state index contributed by atoms with van der Waals surface area (Å²) in [5.41, 5.74) is 0. The fourth-order valence-corrected chi connectivity index (χ4v) is 0.527. The molecular formula is C5H10ClNO3. The molecule has 1 atom stereocenters. The van der Waals surface area contributed by atoms with Gasteiger partial charge in [-0.3, -0.25) is 5.32 Å². The fraction of sp³-hybridized carbons (Fsp3) is 0.800. The van der Waals surface area contributed by atoms with Crippen LogP contribution >= 0.6 is 12.4 Å². The fourth-order valence-electron chi connectivity index (χ4n) is 0.527. The van der Waals surface area contributed by atoms with Crippen molar-refractivity contribution in [2.75, 3.05) is 13.7 Å². The molecule has 0 saturated carbocycles. The molecule has 5 heteroatoms. The number of carbonyl (C=O) groups is 1. The lowest BCUT2D eigenvalue weighted by Gasteiger charge is -2.25. The molecule has 0 aromatic heterocycles. The van der Waals surface area contributed by atoms with Gasteiger partial charge in [0.2, 0.25) is 0 Å². The molecule has 1 heterocycles. The van der Waals surface area contributed by atoms with E-state index in [-0.39, 0.29) is 18.6 Å². The Morgan fingerprint density at radius 3 is 2.60 bits per heavy atom. The van der Waals surface area contributed by atoms with E-state index < -0.39 is 6.16 Å². The van der Waals surface area contributed by atoms with Crippen molar-refractivity contribution in [3.63, 3.8) is 0 Å². The molecule has 1 aliphatic rings. The second-order valence-corrected chi connectivity index (χ2v) is 1.80. The van der Waals surface area contributed by atoms with Crippen LogP contribution in [0.2, 0.25) is 0 Å². The molecule has 60 valence electrons. The molecule has 0 aliphatic carbocycles. The van der Waals surface area contributed by atoms with E-state index in [0.29, 0.717) is 0 Å². The summed E-state index contributed by atoms with van der Waals surface area (Å²) >= 11 is 0. The van der Waals surface area contributed by atoms with Crippen molar-refractivity contribution in [1.82, 2.24) is 5.32 Å². The second kappa shape index (κ2) is 4.35. The third kappa shape index (κ3) is 2.41. The Balaban J connectivity index is 0.000000810. The highest BCUT2D eigenvalue weighted by Crippen LogP contribution is 2.03. The summed E-state index contributed by atoms with van der Waals surface area (Å²) in [6.07, 6.45) is 0.152. The third-order valence-corrected chi connectivity index (χ3v) is 1.18. The van der Waals surface area contributed by atoms with E-state index in [1.165, 1.54) is 7.11 Å². The van der Waals surface area contributed by atoms with Crippen molar-refractivity contribution in [2.24, 2.45) is 0 Å². The Morgan fingerprint density at radius 1 is 1.70 bits per heavy atom. The van der Waals surface area contributed by atoms with Gasteiger partial charge in [-0.25, -0.2) is 4.79 Å². The molecule has 0 amide bonds. The zero-order valence-electron chi connectivity index (χ0n) is 5.62. The Bertz CT molecular complexity index is 115. The minimum Gasteiger partial charge on any atom is -0.438 e. The van der Waals surface area contributed by atoms with Crippen LogP contribution in [0.15, 0.2) is 0 Å². The molecule has 1 rings (SSSR count). The lowest BCUT2D eigenvalue weighted by atomic mass is 10.2. The van der Waals surface area contributed by atoms with E-state index in [1.807, 2.05) is 0 Å². The van der Waals surface area contributed by atoms with Crippen LogP contribution in [0, 0.1) is 0 Å². The first-order valence-corrected chi connectivity index (χ1v) is 2.81. The van der Waals surface area contributed by atoms with Crippen LogP contribution in [0.4, 0.5) is 4.79 Å². The van der Waals surface area contributed by atoms with Gasteiger partial charge in [0.1, 0.15) is 0 Å². The summed E-state index contributed by atoms with van der Waals surface area (Å²) in [5, 5.41) is 2.89. The van der Waals surface area contributed by atoms with Gasteiger partial charge in [-0.2, -0.15) is 0 Å². The van der Waals surface area contributed by atoms with Gasteiger partial charge in [0.25, 0.3) is 0 Å². The smallest absolute Gasteiger partial charge is 0.438 e. The average Bonchev–Trinajstić information content (AvgIpc) is 1.78. The van der Waals surface area contributed by atoms with Crippen molar-refractivity contribution in [3.8, 4) is 0 Å². The molecule has 1 aliphatic heterocycles. The van der Waals surface area contributed by atoms with Crippen LogP contribution in [-0.4, -0.2) is 26.0 Å². The van der Waals surface area contributed by atoms with E-state index in [0.717, 1.165) is 13.0 Å². The van der Waals surface area contributed by atoms with Crippen LogP contribution in [0.1, 0.15) is 6.42 Å². The zero-order chi connectivity index (χ0) is 6.69. The van der Waals surface area contributed by atoms with Crippen LogP contribution in [0.25, 0.3) is 0 Å². The lowest BCUT2D eigenvalue weighted by Crippen LogP contribution is -2.45. The maximum absolute atomic E-state index is 10.3. The number of halogens is 1. The standard InChI is InChI=1S/C5H9NO3.ClH/c1-8-5(7)9-4-2-3-6-4;/h4,6H,2-3H2,1H3;1H. The van der Waals surface area contributed by atoms with Gasteiger partial charge in [0.05, 0.1) is 7.11 Å². The van der Waals surface area contributed by atoms with E-state index >= 15 is 0 Å². The average molecular weight is 168 g/mol. The SMILES string of the molecule is COC(=O)OC1CCN1.Cl. The molecule has 0 spiro atoms. The topological polar surface area (TPSA) is 47.6 Å². The largest absolute Gasteiger partial charge is 0.509 e. The number of hydrogen-bond donors (Lipinski definition) is 1. The van der Waals surface area contributed by atoms with Crippen molar-refractivity contribution < 1.29 is 14.3 Å². The minimum atomic E-state index is -0.618. The second-order valence-electron chi connectivity index (χ2n) is 1.80. The summed E-state index contributed by atoms with van der Waals surface area (Å²) in [5.74, 6) is 0. The molecule has 1 unspecified atom stereocenters. The first-order chi connectivity index (χ1) is 4.33. The Hall–Kier alpha value is -0.480. The van der Waals surface area contributed by atoms with E-state index in [4.69, 9.17) is 0 Å². The Labute approximate surface area is 65.3 Å². The van der Waals surface area contributed by atoms with Gasteiger partial charge in [0.15, 0.2) is 6.23 Å². The van der Waals surface area contributed by atoms with Crippen LogP contribution in [0.5, 0.6) is 0 Å². The molecular weight excluding hydrogens is 158 g/mol. The molecule has 0 radical (unpaired) electrons. The van der Waals surface area contributed by atoms with Crippen molar-refractivity contribution in [3.05, 3.63) is 0 Å². The number of carbonyl (C=O) groups excluding carboxylic acids is 1. The highest BCUT2D eigenvalue weighted by Gasteiger charge is 2.20. The summed E-state index contributed by atoms with van der Waals surface area (Å²) in [6, 6.07) is 0. The van der Waals surface area contributed by atoms with Gasteiger partial charge in [-0.15, -0.1) is 12.4 Å². The lowest BCUT2D eigenvalue weighted by molar-refractivity contribution is -0.00448. The third-order valence-electron chi connectivity index (χ3n) is 1.18. The maximum atomic E-state index is 10.3.